The summed E-state index contributed by atoms with van der Waals surface area (Å²) in [5.74, 6) is 0. The molecular formula is C9H14Cl2N2O3S. The highest BCUT2D eigenvalue weighted by Gasteiger charge is 2.10. The standard InChI is InChI=1S/C9H13ClN2O3S.ClH/c1-16(14,15)12-8-4-6(9(13)5-11)2-3-7(8)10;/h2-4,9,12-13H,5,11H2,1H3;1H. The lowest BCUT2D eigenvalue weighted by atomic mass is 10.1. The molecule has 0 heterocycles. The van der Waals surface area contributed by atoms with Gasteiger partial charge in [0.1, 0.15) is 0 Å². The van der Waals surface area contributed by atoms with Gasteiger partial charge in [0.25, 0.3) is 0 Å². The van der Waals surface area contributed by atoms with E-state index in [1.165, 1.54) is 12.1 Å². The molecule has 0 aromatic heterocycles. The number of halogens is 2. The van der Waals surface area contributed by atoms with Gasteiger partial charge in [-0.15, -0.1) is 12.4 Å². The van der Waals surface area contributed by atoms with Crippen molar-refractivity contribution in [1.82, 2.24) is 0 Å². The summed E-state index contributed by atoms with van der Waals surface area (Å²) >= 11 is 5.81. The van der Waals surface area contributed by atoms with Gasteiger partial charge < -0.3 is 10.8 Å². The second kappa shape index (κ2) is 6.42. The number of hydrogen-bond donors (Lipinski definition) is 3. The number of benzene rings is 1. The predicted octanol–water partition coefficient (Wildman–Crippen LogP) is 1.13. The Balaban J connectivity index is 0.00000256. The zero-order valence-electron chi connectivity index (χ0n) is 9.05. The molecule has 1 atom stereocenters. The van der Waals surface area contributed by atoms with Crippen LogP contribution < -0.4 is 10.5 Å². The molecule has 0 amide bonds. The summed E-state index contributed by atoms with van der Waals surface area (Å²) in [6.45, 7) is 0.0555. The van der Waals surface area contributed by atoms with Crippen LogP contribution in [0.25, 0.3) is 0 Å². The minimum Gasteiger partial charge on any atom is -0.387 e. The summed E-state index contributed by atoms with van der Waals surface area (Å²) in [5.41, 5.74) is 6.04. The van der Waals surface area contributed by atoms with E-state index < -0.39 is 16.1 Å². The molecule has 0 saturated carbocycles. The van der Waals surface area contributed by atoms with Crippen molar-refractivity contribution in [2.24, 2.45) is 5.73 Å². The van der Waals surface area contributed by atoms with Crippen LogP contribution in [0, 0.1) is 0 Å². The molecular weight excluding hydrogens is 287 g/mol. The summed E-state index contributed by atoms with van der Waals surface area (Å²) in [6, 6.07) is 4.55. The van der Waals surface area contributed by atoms with E-state index in [1.807, 2.05) is 0 Å². The van der Waals surface area contributed by atoms with Crippen LogP contribution in [0.5, 0.6) is 0 Å². The van der Waals surface area contributed by atoms with Crippen LogP contribution in [0.15, 0.2) is 18.2 Å². The molecule has 1 rings (SSSR count). The highest BCUT2D eigenvalue weighted by Crippen LogP contribution is 2.26. The topological polar surface area (TPSA) is 92.4 Å². The molecule has 1 unspecified atom stereocenters. The minimum atomic E-state index is -3.40. The Kier molecular flexibility index (Phi) is 6.22. The molecule has 1 aromatic carbocycles. The number of rotatable bonds is 4. The van der Waals surface area contributed by atoms with E-state index in [2.05, 4.69) is 4.72 Å². The maximum Gasteiger partial charge on any atom is 0.229 e. The maximum atomic E-state index is 11.0. The fourth-order valence-corrected chi connectivity index (χ4v) is 1.95. The van der Waals surface area contributed by atoms with Gasteiger partial charge in [-0.25, -0.2) is 8.42 Å². The van der Waals surface area contributed by atoms with E-state index in [9.17, 15) is 13.5 Å². The third-order valence-corrected chi connectivity index (χ3v) is 2.81. The molecule has 17 heavy (non-hydrogen) atoms. The van der Waals surface area contributed by atoms with Gasteiger partial charge in [0.05, 0.1) is 23.1 Å². The number of nitrogens with one attached hydrogen (secondary N) is 1. The summed E-state index contributed by atoms with van der Waals surface area (Å²) in [6.07, 6.45) is 0.187. The van der Waals surface area contributed by atoms with Crippen molar-refractivity contribution in [2.45, 2.75) is 6.10 Å². The molecule has 0 aliphatic carbocycles. The van der Waals surface area contributed by atoms with Crippen LogP contribution in [0.3, 0.4) is 0 Å². The second-order valence-electron chi connectivity index (χ2n) is 3.37. The van der Waals surface area contributed by atoms with Crippen LogP contribution in [0.1, 0.15) is 11.7 Å². The average Bonchev–Trinajstić information content (AvgIpc) is 2.18. The van der Waals surface area contributed by atoms with Gasteiger partial charge in [0.15, 0.2) is 0 Å². The van der Waals surface area contributed by atoms with Crippen LogP contribution in [0.2, 0.25) is 5.02 Å². The maximum absolute atomic E-state index is 11.0. The molecule has 4 N–H and O–H groups in total. The number of anilines is 1. The molecule has 0 fully saturated rings. The summed E-state index contributed by atoms with van der Waals surface area (Å²) in [5, 5.41) is 9.76. The van der Waals surface area contributed by atoms with Crippen molar-refractivity contribution in [2.75, 3.05) is 17.5 Å². The average molecular weight is 301 g/mol. The molecule has 5 nitrogen and oxygen atoms in total. The smallest absolute Gasteiger partial charge is 0.229 e. The fourth-order valence-electron chi connectivity index (χ4n) is 1.16. The zero-order chi connectivity index (χ0) is 12.3. The van der Waals surface area contributed by atoms with E-state index in [0.29, 0.717) is 5.56 Å². The van der Waals surface area contributed by atoms with Gasteiger partial charge in [0.2, 0.25) is 10.0 Å². The van der Waals surface area contributed by atoms with E-state index >= 15 is 0 Å². The van der Waals surface area contributed by atoms with E-state index in [0.717, 1.165) is 6.26 Å². The predicted molar refractivity (Wildman–Crippen MR) is 71.2 cm³/mol. The lowest BCUT2D eigenvalue weighted by Crippen LogP contribution is -2.13. The Morgan fingerprint density at radius 3 is 2.59 bits per heavy atom. The molecule has 1 aromatic rings. The molecule has 0 spiro atoms. The molecule has 98 valence electrons. The normalized spacial score (nSPS) is 12.7. The summed E-state index contributed by atoms with van der Waals surface area (Å²) < 4.78 is 24.4. The van der Waals surface area contributed by atoms with Crippen LogP contribution in [-0.4, -0.2) is 26.3 Å². The van der Waals surface area contributed by atoms with E-state index in [1.54, 1.807) is 6.07 Å². The molecule has 0 aliphatic heterocycles. The Labute approximate surface area is 111 Å². The first-order valence-electron chi connectivity index (χ1n) is 4.49. The highest BCUT2D eigenvalue weighted by molar-refractivity contribution is 7.92. The number of nitrogens with two attached hydrogens (primary N) is 1. The molecule has 0 radical (unpaired) electrons. The van der Waals surface area contributed by atoms with Gasteiger partial charge in [-0.3, -0.25) is 4.72 Å². The van der Waals surface area contributed by atoms with Crippen molar-refractivity contribution < 1.29 is 13.5 Å². The van der Waals surface area contributed by atoms with Crippen LogP contribution >= 0.6 is 24.0 Å². The molecule has 0 saturated heterocycles. The van der Waals surface area contributed by atoms with Gasteiger partial charge in [-0.2, -0.15) is 0 Å². The Hall–Kier alpha value is -0.530. The Morgan fingerprint density at radius 2 is 2.12 bits per heavy atom. The van der Waals surface area contributed by atoms with Gasteiger partial charge >= 0.3 is 0 Å². The lowest BCUT2D eigenvalue weighted by molar-refractivity contribution is 0.187. The number of hydrogen-bond acceptors (Lipinski definition) is 4. The van der Waals surface area contributed by atoms with Crippen molar-refractivity contribution in [3.63, 3.8) is 0 Å². The molecule has 8 heteroatoms. The fraction of sp³-hybridized carbons (Fsp3) is 0.333. The quantitative estimate of drug-likeness (QED) is 0.777. The first-order chi connectivity index (χ1) is 7.33. The first-order valence-corrected chi connectivity index (χ1v) is 6.76. The van der Waals surface area contributed by atoms with Gasteiger partial charge in [-0.1, -0.05) is 17.7 Å². The van der Waals surface area contributed by atoms with Gasteiger partial charge in [-0.05, 0) is 17.7 Å². The second-order valence-corrected chi connectivity index (χ2v) is 5.52. The zero-order valence-corrected chi connectivity index (χ0v) is 11.4. The van der Waals surface area contributed by atoms with Crippen molar-refractivity contribution in [1.29, 1.82) is 0 Å². The van der Waals surface area contributed by atoms with Crippen molar-refractivity contribution in [3.05, 3.63) is 28.8 Å². The van der Waals surface area contributed by atoms with Crippen molar-refractivity contribution >= 4 is 39.7 Å². The number of aliphatic hydroxyl groups excluding tert-OH is 1. The summed E-state index contributed by atoms with van der Waals surface area (Å²) in [7, 11) is -3.40. The van der Waals surface area contributed by atoms with Crippen LogP contribution in [0.4, 0.5) is 5.69 Å². The Morgan fingerprint density at radius 1 is 1.53 bits per heavy atom. The third kappa shape index (κ3) is 5.10. The third-order valence-electron chi connectivity index (χ3n) is 1.89. The Bertz CT molecular complexity index is 479. The van der Waals surface area contributed by atoms with Gasteiger partial charge in [0, 0.05) is 6.54 Å². The number of aliphatic hydroxyl groups is 1. The monoisotopic (exact) mass is 300 g/mol. The molecule has 0 bridgehead atoms. The minimum absolute atomic E-state index is 0. The molecule has 0 aliphatic rings. The van der Waals surface area contributed by atoms with Crippen molar-refractivity contribution in [3.8, 4) is 0 Å². The lowest BCUT2D eigenvalue weighted by Gasteiger charge is -2.12. The number of sulfonamides is 1. The SMILES string of the molecule is CS(=O)(=O)Nc1cc(C(O)CN)ccc1Cl.Cl. The first kappa shape index (κ1) is 16.5. The largest absolute Gasteiger partial charge is 0.387 e. The highest BCUT2D eigenvalue weighted by atomic mass is 35.5. The van der Waals surface area contributed by atoms with Crippen LogP contribution in [-0.2, 0) is 10.0 Å². The van der Waals surface area contributed by atoms with E-state index in [-0.39, 0.29) is 29.7 Å². The summed E-state index contributed by atoms with van der Waals surface area (Å²) in [4.78, 5) is 0. The van der Waals surface area contributed by atoms with E-state index in [4.69, 9.17) is 17.3 Å².